The Morgan fingerprint density at radius 2 is 1.96 bits per heavy atom. The van der Waals surface area contributed by atoms with E-state index in [2.05, 4.69) is 10.1 Å². The number of alkyl halides is 2. The zero-order chi connectivity index (χ0) is 18.7. The molecule has 1 aliphatic rings. The summed E-state index contributed by atoms with van der Waals surface area (Å²) in [6.07, 6.45) is 0. The van der Waals surface area contributed by atoms with Crippen LogP contribution in [0.1, 0.15) is 18.5 Å². The second-order valence-electron chi connectivity index (χ2n) is 5.22. The summed E-state index contributed by atoms with van der Waals surface area (Å²) < 4.78 is 39.4. The van der Waals surface area contributed by atoms with Gasteiger partial charge in [0.2, 0.25) is 0 Å². The molecule has 0 aliphatic carbocycles. The van der Waals surface area contributed by atoms with E-state index < -0.39 is 24.7 Å². The first-order valence-corrected chi connectivity index (χ1v) is 7.26. The van der Waals surface area contributed by atoms with Crippen LogP contribution in [-0.2, 0) is 9.53 Å². The highest BCUT2D eigenvalue weighted by atomic mass is 19.3. The maximum absolute atomic E-state index is 12.6. The molecule has 0 aromatic heterocycles. The summed E-state index contributed by atoms with van der Waals surface area (Å²) in [5.74, 6) is -0.741. The number of nitrogens with zero attached hydrogens (tertiary/aromatic N) is 1. The molecule has 0 saturated carbocycles. The summed E-state index contributed by atoms with van der Waals surface area (Å²) in [5, 5.41) is 2.64. The third-order valence-corrected chi connectivity index (χ3v) is 3.90. The van der Waals surface area contributed by atoms with Gasteiger partial charge in [-0.15, -0.1) is 0 Å². The van der Waals surface area contributed by atoms with Crippen molar-refractivity contribution in [2.45, 2.75) is 19.6 Å². The van der Waals surface area contributed by atoms with Crippen molar-refractivity contribution in [1.82, 2.24) is 10.2 Å². The first-order chi connectivity index (χ1) is 11.8. The Hall–Kier alpha value is -2.84. The molecule has 2 rings (SSSR count). The van der Waals surface area contributed by atoms with Crippen LogP contribution in [0.4, 0.5) is 13.6 Å². The highest BCUT2D eigenvalue weighted by Crippen LogP contribution is 2.36. The predicted octanol–water partition coefficient (Wildman–Crippen LogP) is 2.44. The molecule has 0 radical (unpaired) electrons. The fourth-order valence-corrected chi connectivity index (χ4v) is 2.52. The summed E-state index contributed by atoms with van der Waals surface area (Å²) in [4.78, 5) is 25.5. The van der Waals surface area contributed by atoms with Gasteiger partial charge in [0, 0.05) is 12.7 Å². The van der Waals surface area contributed by atoms with Crippen molar-refractivity contribution in [3.8, 4) is 11.5 Å². The highest BCUT2D eigenvalue weighted by Gasteiger charge is 2.35. The number of carbonyl (C=O) groups is 2. The lowest BCUT2D eigenvalue weighted by Gasteiger charge is -2.33. The molecule has 1 aromatic rings. The number of halogens is 2. The van der Waals surface area contributed by atoms with E-state index >= 15 is 0 Å². The van der Waals surface area contributed by atoms with Crippen molar-refractivity contribution in [1.29, 1.82) is 0 Å². The Labute approximate surface area is 143 Å². The largest absolute Gasteiger partial charge is 0.493 e. The molecule has 2 amide bonds. The third kappa shape index (κ3) is 3.65. The number of urea groups is 1. The van der Waals surface area contributed by atoms with Gasteiger partial charge in [0.25, 0.3) is 0 Å². The lowest BCUT2D eigenvalue weighted by molar-refractivity contribution is -0.136. The minimum atomic E-state index is -3.05. The Morgan fingerprint density at radius 3 is 2.52 bits per heavy atom. The normalized spacial score (nSPS) is 17.5. The van der Waals surface area contributed by atoms with Crippen LogP contribution < -0.4 is 14.8 Å². The molecule has 1 heterocycles. The van der Waals surface area contributed by atoms with Gasteiger partial charge in [0.15, 0.2) is 11.5 Å². The van der Waals surface area contributed by atoms with Gasteiger partial charge < -0.3 is 24.4 Å². The molecule has 0 spiro atoms. The molecule has 1 atom stereocenters. The van der Waals surface area contributed by atoms with Crippen LogP contribution >= 0.6 is 0 Å². The Bertz CT molecular complexity index is 720. The van der Waals surface area contributed by atoms with Gasteiger partial charge in [-0.3, -0.25) is 0 Å². The van der Waals surface area contributed by atoms with Crippen molar-refractivity contribution >= 4 is 12.0 Å². The average molecular weight is 356 g/mol. The highest BCUT2D eigenvalue weighted by molar-refractivity contribution is 5.94. The van der Waals surface area contributed by atoms with E-state index in [1.165, 1.54) is 38.3 Å². The topological polar surface area (TPSA) is 77.1 Å². The number of ether oxygens (including phenoxy) is 3. The molecule has 136 valence electrons. The van der Waals surface area contributed by atoms with E-state index in [1.807, 2.05) is 0 Å². The van der Waals surface area contributed by atoms with Crippen molar-refractivity contribution in [2.75, 3.05) is 21.3 Å². The number of nitrogens with one attached hydrogen (secondary N) is 1. The zero-order valence-corrected chi connectivity index (χ0v) is 14.1. The van der Waals surface area contributed by atoms with Crippen LogP contribution in [0.25, 0.3) is 0 Å². The zero-order valence-electron chi connectivity index (χ0n) is 14.1. The minimum absolute atomic E-state index is 0.101. The van der Waals surface area contributed by atoms with E-state index in [4.69, 9.17) is 9.47 Å². The minimum Gasteiger partial charge on any atom is -0.493 e. The Balaban J connectivity index is 2.54. The molecule has 1 unspecified atom stereocenters. The number of allylic oxidation sites excluding steroid dienone is 1. The third-order valence-electron chi connectivity index (χ3n) is 3.90. The number of esters is 1. The maximum atomic E-state index is 12.6. The summed E-state index contributed by atoms with van der Waals surface area (Å²) in [6, 6.07) is 2.94. The fraction of sp³-hybridized carbons (Fsp3) is 0.375. The van der Waals surface area contributed by atoms with Crippen molar-refractivity contribution in [3.05, 3.63) is 35.0 Å². The van der Waals surface area contributed by atoms with Crippen molar-refractivity contribution in [2.24, 2.45) is 0 Å². The molecule has 25 heavy (non-hydrogen) atoms. The van der Waals surface area contributed by atoms with E-state index in [-0.39, 0.29) is 17.1 Å². The lowest BCUT2D eigenvalue weighted by atomic mass is 9.94. The molecule has 1 N–H and O–H groups in total. The van der Waals surface area contributed by atoms with Gasteiger partial charge in [-0.05, 0) is 24.6 Å². The number of methoxy groups -OCH3 is 2. The number of carbonyl (C=O) groups excluding carboxylic acids is 2. The van der Waals surface area contributed by atoms with Gasteiger partial charge in [-0.2, -0.15) is 8.78 Å². The van der Waals surface area contributed by atoms with Crippen LogP contribution in [0.3, 0.4) is 0 Å². The fourth-order valence-electron chi connectivity index (χ4n) is 2.52. The molecule has 1 aromatic carbocycles. The maximum Gasteiger partial charge on any atom is 0.387 e. The molecule has 0 fully saturated rings. The van der Waals surface area contributed by atoms with Crippen LogP contribution in [0.15, 0.2) is 29.5 Å². The molecule has 9 heteroatoms. The van der Waals surface area contributed by atoms with Gasteiger partial charge >= 0.3 is 18.6 Å². The molecular weight excluding hydrogens is 338 g/mol. The SMILES string of the molecule is COC(=O)C1=C(C)N(C)C(=O)NC1c1ccc(OC)c(OC(F)F)c1. The summed E-state index contributed by atoms with van der Waals surface area (Å²) in [7, 11) is 4.03. The van der Waals surface area contributed by atoms with Crippen LogP contribution in [0.2, 0.25) is 0 Å². The number of rotatable bonds is 5. The first kappa shape index (κ1) is 18.5. The van der Waals surface area contributed by atoms with E-state index in [0.29, 0.717) is 11.3 Å². The average Bonchev–Trinajstić information content (AvgIpc) is 2.58. The van der Waals surface area contributed by atoms with E-state index in [0.717, 1.165) is 0 Å². The number of hydrogen-bond donors (Lipinski definition) is 1. The van der Waals surface area contributed by atoms with Gasteiger partial charge in [0.05, 0.1) is 25.8 Å². The van der Waals surface area contributed by atoms with E-state index in [1.54, 1.807) is 13.0 Å². The number of benzene rings is 1. The summed E-state index contributed by atoms with van der Waals surface area (Å²) in [6.45, 7) is -1.45. The van der Waals surface area contributed by atoms with Crippen LogP contribution in [0, 0.1) is 0 Å². The second-order valence-corrected chi connectivity index (χ2v) is 5.22. The predicted molar refractivity (Wildman–Crippen MR) is 83.4 cm³/mol. The summed E-state index contributed by atoms with van der Waals surface area (Å²) in [5.41, 5.74) is 0.961. The quantitative estimate of drug-likeness (QED) is 0.820. The van der Waals surface area contributed by atoms with E-state index in [9.17, 15) is 18.4 Å². The number of hydrogen-bond acceptors (Lipinski definition) is 5. The standard InChI is InChI=1S/C16H18F2N2O5/c1-8-12(14(21)24-4)13(19-16(22)20(8)2)9-5-6-10(23-3)11(7-9)25-15(17)18/h5-7,13,15H,1-4H3,(H,19,22). The van der Waals surface area contributed by atoms with Crippen LogP contribution in [-0.4, -0.2) is 44.8 Å². The Kier molecular flexibility index (Phi) is 5.45. The van der Waals surface area contributed by atoms with Crippen LogP contribution in [0.5, 0.6) is 11.5 Å². The first-order valence-electron chi connectivity index (χ1n) is 7.26. The molecule has 0 bridgehead atoms. The van der Waals surface area contributed by atoms with Gasteiger partial charge in [0.1, 0.15) is 0 Å². The summed E-state index contributed by atoms with van der Waals surface area (Å²) >= 11 is 0. The smallest absolute Gasteiger partial charge is 0.387 e. The van der Waals surface area contributed by atoms with Crippen molar-refractivity contribution < 1.29 is 32.6 Å². The Morgan fingerprint density at radius 1 is 1.28 bits per heavy atom. The molecule has 0 saturated heterocycles. The molecular formula is C16H18F2N2O5. The second kappa shape index (κ2) is 7.37. The lowest BCUT2D eigenvalue weighted by Crippen LogP contribution is -2.46. The monoisotopic (exact) mass is 356 g/mol. The number of amides is 2. The van der Waals surface area contributed by atoms with Gasteiger partial charge in [-0.1, -0.05) is 6.07 Å². The van der Waals surface area contributed by atoms with Gasteiger partial charge in [-0.25, -0.2) is 9.59 Å². The molecule has 7 nitrogen and oxygen atoms in total. The molecule has 1 aliphatic heterocycles. The van der Waals surface area contributed by atoms with Crippen molar-refractivity contribution in [3.63, 3.8) is 0 Å².